The highest BCUT2D eigenvalue weighted by atomic mass is 16.5. The fourth-order valence-corrected chi connectivity index (χ4v) is 3.56. The summed E-state index contributed by atoms with van der Waals surface area (Å²) in [5.41, 5.74) is 3.57. The number of hydrogen-bond acceptors (Lipinski definition) is 5. The molecule has 0 saturated carbocycles. The Labute approximate surface area is 164 Å². The van der Waals surface area contributed by atoms with E-state index in [1.165, 1.54) is 5.56 Å². The van der Waals surface area contributed by atoms with Crippen LogP contribution in [0.1, 0.15) is 42.1 Å². The molecule has 1 saturated heterocycles. The SMILES string of the molecule is CCc1ccc(C(=O)NC2=NCC3=CN(C(=O)C4CCCO4)CCC3=N2)cc1. The number of amides is 2. The van der Waals surface area contributed by atoms with E-state index < -0.39 is 0 Å². The Morgan fingerprint density at radius 3 is 2.82 bits per heavy atom. The second kappa shape index (κ2) is 8.06. The van der Waals surface area contributed by atoms with E-state index in [9.17, 15) is 9.59 Å². The van der Waals surface area contributed by atoms with Gasteiger partial charge in [0.05, 0.1) is 12.3 Å². The summed E-state index contributed by atoms with van der Waals surface area (Å²) in [5.74, 6) is 0.127. The molecule has 0 aliphatic carbocycles. The molecule has 0 spiro atoms. The van der Waals surface area contributed by atoms with E-state index in [2.05, 4.69) is 22.2 Å². The van der Waals surface area contributed by atoms with Gasteiger partial charge in [0.25, 0.3) is 11.8 Å². The van der Waals surface area contributed by atoms with Crippen molar-refractivity contribution in [2.45, 2.75) is 38.7 Å². The van der Waals surface area contributed by atoms with Crippen molar-refractivity contribution in [3.05, 3.63) is 47.2 Å². The Balaban J connectivity index is 1.40. The topological polar surface area (TPSA) is 83.4 Å². The zero-order valence-electron chi connectivity index (χ0n) is 16.0. The van der Waals surface area contributed by atoms with Crippen molar-refractivity contribution in [2.75, 3.05) is 19.7 Å². The smallest absolute Gasteiger partial charge is 0.258 e. The fourth-order valence-electron chi connectivity index (χ4n) is 3.56. The first-order valence-electron chi connectivity index (χ1n) is 9.79. The largest absolute Gasteiger partial charge is 0.368 e. The lowest BCUT2D eigenvalue weighted by molar-refractivity contribution is -0.138. The van der Waals surface area contributed by atoms with Crippen LogP contribution in [0, 0.1) is 0 Å². The summed E-state index contributed by atoms with van der Waals surface area (Å²) >= 11 is 0. The number of fused-ring (bicyclic) bond motifs is 1. The van der Waals surface area contributed by atoms with Crippen LogP contribution in [0.25, 0.3) is 0 Å². The minimum Gasteiger partial charge on any atom is -0.368 e. The van der Waals surface area contributed by atoms with Crippen LogP contribution in [-0.4, -0.2) is 54.2 Å². The van der Waals surface area contributed by atoms with Gasteiger partial charge in [-0.1, -0.05) is 19.1 Å². The van der Waals surface area contributed by atoms with Gasteiger partial charge in [-0.25, -0.2) is 9.98 Å². The van der Waals surface area contributed by atoms with Gasteiger partial charge in [0, 0.05) is 36.9 Å². The van der Waals surface area contributed by atoms with Crippen LogP contribution in [0.5, 0.6) is 0 Å². The average molecular weight is 380 g/mol. The second-order valence-electron chi connectivity index (χ2n) is 7.14. The van der Waals surface area contributed by atoms with Gasteiger partial charge in [0.1, 0.15) is 6.10 Å². The normalized spacial score (nSPS) is 21.4. The first kappa shape index (κ1) is 18.6. The quantitative estimate of drug-likeness (QED) is 0.871. The molecular weight excluding hydrogens is 356 g/mol. The Kier molecular flexibility index (Phi) is 5.34. The first-order chi connectivity index (χ1) is 13.6. The summed E-state index contributed by atoms with van der Waals surface area (Å²) in [6, 6.07) is 7.52. The van der Waals surface area contributed by atoms with Gasteiger partial charge in [-0.15, -0.1) is 0 Å². The fraction of sp³-hybridized carbons (Fsp3) is 0.429. The summed E-state index contributed by atoms with van der Waals surface area (Å²) in [6.07, 6.45) is 4.80. The standard InChI is InChI=1S/C21H24N4O3/c1-2-14-5-7-15(8-6-14)19(26)24-21-22-12-16-13-25(10-9-17(16)23-21)20(27)18-4-3-11-28-18/h5-8,13,18H,2-4,9-12H2,1H3,(H,22,24,26). The molecule has 1 N–H and O–H groups in total. The highest BCUT2D eigenvalue weighted by Gasteiger charge is 2.30. The number of rotatable bonds is 3. The van der Waals surface area contributed by atoms with Gasteiger partial charge in [-0.3, -0.25) is 14.9 Å². The first-order valence-corrected chi connectivity index (χ1v) is 9.79. The number of ether oxygens (including phenoxy) is 1. The van der Waals surface area contributed by atoms with E-state index in [4.69, 9.17) is 4.74 Å². The van der Waals surface area contributed by atoms with Crippen molar-refractivity contribution in [2.24, 2.45) is 9.98 Å². The van der Waals surface area contributed by atoms with Crippen molar-refractivity contribution in [3.8, 4) is 0 Å². The molecule has 1 atom stereocenters. The molecule has 1 aromatic rings. The Bertz CT molecular complexity index is 864. The molecule has 4 rings (SSSR count). The monoisotopic (exact) mass is 380 g/mol. The Morgan fingerprint density at radius 2 is 2.11 bits per heavy atom. The van der Waals surface area contributed by atoms with Gasteiger partial charge >= 0.3 is 0 Å². The predicted octanol–water partition coefficient (Wildman–Crippen LogP) is 2.08. The third kappa shape index (κ3) is 3.89. The number of aryl methyl sites for hydroxylation is 1. The van der Waals surface area contributed by atoms with Crippen LogP contribution in [0.2, 0.25) is 0 Å². The second-order valence-corrected chi connectivity index (χ2v) is 7.14. The summed E-state index contributed by atoms with van der Waals surface area (Å²) in [4.78, 5) is 35.5. The van der Waals surface area contributed by atoms with Crippen molar-refractivity contribution < 1.29 is 14.3 Å². The van der Waals surface area contributed by atoms with Gasteiger partial charge in [-0.05, 0) is 37.0 Å². The molecule has 3 aliphatic heterocycles. The molecule has 3 heterocycles. The van der Waals surface area contributed by atoms with Crippen LogP contribution in [0.15, 0.2) is 46.0 Å². The number of hydrogen-bond donors (Lipinski definition) is 1. The van der Waals surface area contributed by atoms with Crippen molar-refractivity contribution in [3.63, 3.8) is 0 Å². The minimum atomic E-state index is -0.323. The van der Waals surface area contributed by atoms with E-state index in [1.54, 1.807) is 4.90 Å². The van der Waals surface area contributed by atoms with Gasteiger partial charge < -0.3 is 9.64 Å². The van der Waals surface area contributed by atoms with Crippen LogP contribution in [0.4, 0.5) is 0 Å². The molecule has 0 radical (unpaired) electrons. The maximum Gasteiger partial charge on any atom is 0.258 e. The number of carbonyl (C=O) groups is 2. The van der Waals surface area contributed by atoms with E-state index in [0.717, 1.165) is 30.5 Å². The van der Waals surface area contributed by atoms with Crippen molar-refractivity contribution in [1.82, 2.24) is 10.2 Å². The minimum absolute atomic E-state index is 0.0163. The molecule has 0 aromatic heterocycles. The molecule has 1 unspecified atom stereocenters. The molecule has 2 amide bonds. The van der Waals surface area contributed by atoms with Crippen LogP contribution < -0.4 is 5.32 Å². The molecule has 1 fully saturated rings. The summed E-state index contributed by atoms with van der Waals surface area (Å²) in [6.45, 7) is 3.70. The molecule has 146 valence electrons. The molecule has 1 aromatic carbocycles. The van der Waals surface area contributed by atoms with Crippen molar-refractivity contribution >= 4 is 23.5 Å². The lowest BCUT2D eigenvalue weighted by Crippen LogP contribution is -2.41. The lowest BCUT2D eigenvalue weighted by atomic mass is 10.0. The summed E-state index contributed by atoms with van der Waals surface area (Å²) in [5, 5.41) is 2.78. The Morgan fingerprint density at radius 1 is 1.29 bits per heavy atom. The molecule has 28 heavy (non-hydrogen) atoms. The molecule has 0 bridgehead atoms. The van der Waals surface area contributed by atoms with E-state index >= 15 is 0 Å². The lowest BCUT2D eigenvalue weighted by Gasteiger charge is -2.29. The third-order valence-electron chi connectivity index (χ3n) is 5.25. The summed E-state index contributed by atoms with van der Waals surface area (Å²) in [7, 11) is 0. The zero-order chi connectivity index (χ0) is 19.5. The number of guanidine groups is 1. The number of nitrogens with zero attached hydrogens (tertiary/aromatic N) is 3. The van der Waals surface area contributed by atoms with Gasteiger partial charge in [0.15, 0.2) is 0 Å². The number of benzene rings is 1. The number of nitrogens with one attached hydrogen (secondary N) is 1. The number of carbonyl (C=O) groups excluding carboxylic acids is 2. The average Bonchev–Trinajstić information content (AvgIpc) is 3.27. The Hall–Kier alpha value is -2.80. The molecule has 3 aliphatic rings. The van der Waals surface area contributed by atoms with E-state index in [1.807, 2.05) is 30.5 Å². The van der Waals surface area contributed by atoms with E-state index in [0.29, 0.717) is 37.6 Å². The van der Waals surface area contributed by atoms with Crippen LogP contribution in [-0.2, 0) is 16.0 Å². The van der Waals surface area contributed by atoms with Crippen LogP contribution >= 0.6 is 0 Å². The predicted molar refractivity (Wildman–Crippen MR) is 106 cm³/mol. The van der Waals surface area contributed by atoms with Gasteiger partial charge in [-0.2, -0.15) is 0 Å². The highest BCUT2D eigenvalue weighted by molar-refractivity contribution is 6.14. The highest BCUT2D eigenvalue weighted by Crippen LogP contribution is 2.21. The van der Waals surface area contributed by atoms with Gasteiger partial charge in [0.2, 0.25) is 5.96 Å². The molecular formula is C21H24N4O3. The zero-order valence-corrected chi connectivity index (χ0v) is 16.0. The van der Waals surface area contributed by atoms with Crippen molar-refractivity contribution in [1.29, 1.82) is 0 Å². The third-order valence-corrected chi connectivity index (χ3v) is 5.25. The van der Waals surface area contributed by atoms with Crippen LogP contribution in [0.3, 0.4) is 0 Å². The number of aliphatic imine (C=N–C) groups is 2. The maximum atomic E-state index is 12.5. The molecule has 7 heteroatoms. The van der Waals surface area contributed by atoms with E-state index in [-0.39, 0.29) is 17.9 Å². The molecule has 7 nitrogen and oxygen atoms in total. The maximum absolute atomic E-state index is 12.5. The summed E-state index contributed by atoms with van der Waals surface area (Å²) < 4.78 is 5.50.